The fraction of sp³-hybridized carbons (Fsp3) is 0.875. The van der Waals surface area contributed by atoms with Crippen molar-refractivity contribution in [2.24, 2.45) is 5.73 Å². The van der Waals surface area contributed by atoms with Gasteiger partial charge >= 0.3 is 0 Å². The van der Waals surface area contributed by atoms with Crippen molar-refractivity contribution in [2.45, 2.75) is 25.4 Å². The second-order valence-electron chi connectivity index (χ2n) is 2.98. The normalized spacial score (nSPS) is 22.6. The first-order valence-electron chi connectivity index (χ1n) is 4.41. The van der Waals surface area contributed by atoms with E-state index in [1.54, 1.807) is 0 Å². The molecule has 1 atom stereocenters. The maximum atomic E-state index is 10.7. The molecule has 0 aromatic carbocycles. The minimum absolute atomic E-state index is 0.0749. The molecule has 0 aromatic rings. The predicted molar refractivity (Wildman–Crippen MR) is 45.7 cm³/mol. The first-order valence-corrected chi connectivity index (χ1v) is 4.41. The molecule has 0 aliphatic carbocycles. The number of nitrogens with two attached hydrogens (primary N) is 1. The number of carbonyl (C=O) groups excluding carboxylic acids is 1. The van der Waals surface area contributed by atoms with E-state index in [1.165, 1.54) is 0 Å². The number of amides is 1. The SMILES string of the molecule is NCC(=O)NCCC1CCCO1. The highest BCUT2D eigenvalue weighted by Gasteiger charge is 2.14. The van der Waals surface area contributed by atoms with Crippen LogP contribution in [-0.2, 0) is 9.53 Å². The fourth-order valence-electron chi connectivity index (χ4n) is 1.32. The summed E-state index contributed by atoms with van der Waals surface area (Å²) in [6.07, 6.45) is 3.53. The Morgan fingerprint density at radius 3 is 3.08 bits per heavy atom. The molecule has 1 saturated heterocycles. The molecule has 70 valence electrons. The van der Waals surface area contributed by atoms with E-state index in [0.717, 1.165) is 25.9 Å². The van der Waals surface area contributed by atoms with Gasteiger partial charge in [0, 0.05) is 13.2 Å². The van der Waals surface area contributed by atoms with Crippen LogP contribution < -0.4 is 11.1 Å². The third-order valence-corrected chi connectivity index (χ3v) is 2.00. The van der Waals surface area contributed by atoms with Gasteiger partial charge in [0.25, 0.3) is 0 Å². The minimum atomic E-state index is -0.0898. The highest BCUT2D eigenvalue weighted by Crippen LogP contribution is 2.14. The van der Waals surface area contributed by atoms with Crippen molar-refractivity contribution < 1.29 is 9.53 Å². The number of hydrogen-bond donors (Lipinski definition) is 2. The molecule has 4 heteroatoms. The van der Waals surface area contributed by atoms with Gasteiger partial charge in [-0.3, -0.25) is 4.79 Å². The number of rotatable bonds is 4. The molecule has 0 bridgehead atoms. The Kier molecular flexibility index (Phi) is 4.04. The molecule has 3 N–H and O–H groups in total. The van der Waals surface area contributed by atoms with Gasteiger partial charge in [-0.05, 0) is 19.3 Å². The summed E-state index contributed by atoms with van der Waals surface area (Å²) in [5.41, 5.74) is 5.12. The summed E-state index contributed by atoms with van der Waals surface area (Å²) in [6.45, 7) is 1.63. The molecular formula is C8H16N2O2. The van der Waals surface area contributed by atoms with E-state index in [-0.39, 0.29) is 12.5 Å². The highest BCUT2D eigenvalue weighted by molar-refractivity contribution is 5.77. The fourth-order valence-corrected chi connectivity index (χ4v) is 1.32. The molecule has 4 nitrogen and oxygen atoms in total. The molecule has 1 unspecified atom stereocenters. The molecule has 1 aliphatic heterocycles. The molecule has 1 amide bonds. The van der Waals surface area contributed by atoms with Gasteiger partial charge in [0.05, 0.1) is 12.6 Å². The van der Waals surface area contributed by atoms with Crippen LogP contribution in [0.1, 0.15) is 19.3 Å². The molecule has 0 radical (unpaired) electrons. The lowest BCUT2D eigenvalue weighted by Crippen LogP contribution is -2.32. The largest absolute Gasteiger partial charge is 0.378 e. The lowest BCUT2D eigenvalue weighted by atomic mass is 10.2. The van der Waals surface area contributed by atoms with Crippen molar-refractivity contribution in [3.63, 3.8) is 0 Å². The Balaban J connectivity index is 1.97. The first kappa shape index (κ1) is 9.48. The number of ether oxygens (including phenoxy) is 1. The number of hydrogen-bond acceptors (Lipinski definition) is 3. The smallest absolute Gasteiger partial charge is 0.233 e. The summed E-state index contributed by atoms with van der Waals surface area (Å²) in [6, 6.07) is 0. The molecular weight excluding hydrogens is 156 g/mol. The summed E-state index contributed by atoms with van der Waals surface area (Å²) in [5, 5.41) is 2.72. The monoisotopic (exact) mass is 172 g/mol. The molecule has 1 aliphatic rings. The van der Waals surface area contributed by atoms with E-state index in [9.17, 15) is 4.79 Å². The lowest BCUT2D eigenvalue weighted by molar-refractivity contribution is -0.119. The van der Waals surface area contributed by atoms with E-state index in [0.29, 0.717) is 12.6 Å². The zero-order valence-corrected chi connectivity index (χ0v) is 7.21. The van der Waals surface area contributed by atoms with Crippen molar-refractivity contribution in [3.05, 3.63) is 0 Å². The van der Waals surface area contributed by atoms with Gasteiger partial charge in [-0.25, -0.2) is 0 Å². The van der Waals surface area contributed by atoms with Crippen molar-refractivity contribution in [3.8, 4) is 0 Å². The van der Waals surface area contributed by atoms with Crippen LogP contribution in [0.25, 0.3) is 0 Å². The van der Waals surface area contributed by atoms with Crippen LogP contribution in [0.3, 0.4) is 0 Å². The van der Waals surface area contributed by atoms with Gasteiger partial charge in [-0.2, -0.15) is 0 Å². The maximum Gasteiger partial charge on any atom is 0.233 e. The second-order valence-corrected chi connectivity index (χ2v) is 2.98. The first-order chi connectivity index (χ1) is 5.83. The molecule has 0 aromatic heterocycles. The number of carbonyl (C=O) groups is 1. The van der Waals surface area contributed by atoms with Crippen molar-refractivity contribution in [1.29, 1.82) is 0 Å². The van der Waals surface area contributed by atoms with Gasteiger partial charge in [0.2, 0.25) is 5.91 Å². The van der Waals surface area contributed by atoms with Crippen molar-refractivity contribution in [2.75, 3.05) is 19.7 Å². The second kappa shape index (κ2) is 5.11. The average molecular weight is 172 g/mol. The summed E-state index contributed by atoms with van der Waals surface area (Å²) in [5.74, 6) is -0.0898. The van der Waals surface area contributed by atoms with E-state index >= 15 is 0 Å². The van der Waals surface area contributed by atoms with Gasteiger partial charge < -0.3 is 15.8 Å². The maximum absolute atomic E-state index is 10.7. The van der Waals surface area contributed by atoms with E-state index in [1.807, 2.05) is 0 Å². The molecule has 0 saturated carbocycles. The van der Waals surface area contributed by atoms with Gasteiger partial charge in [-0.1, -0.05) is 0 Å². The van der Waals surface area contributed by atoms with Crippen LogP contribution >= 0.6 is 0 Å². The molecule has 1 heterocycles. The minimum Gasteiger partial charge on any atom is -0.378 e. The van der Waals surface area contributed by atoms with Crippen molar-refractivity contribution >= 4 is 5.91 Å². The Bertz CT molecular complexity index is 144. The quantitative estimate of drug-likeness (QED) is 0.608. The van der Waals surface area contributed by atoms with Gasteiger partial charge in [0.1, 0.15) is 0 Å². The van der Waals surface area contributed by atoms with E-state index in [2.05, 4.69) is 5.32 Å². The lowest BCUT2D eigenvalue weighted by Gasteiger charge is -2.08. The van der Waals surface area contributed by atoms with Crippen LogP contribution in [-0.4, -0.2) is 31.7 Å². The highest BCUT2D eigenvalue weighted by atomic mass is 16.5. The van der Waals surface area contributed by atoms with E-state index < -0.39 is 0 Å². The standard InChI is InChI=1S/C8H16N2O2/c9-6-8(11)10-4-3-7-2-1-5-12-7/h7H,1-6,9H2,(H,10,11). The van der Waals surface area contributed by atoms with Crippen LogP contribution in [0.5, 0.6) is 0 Å². The Morgan fingerprint density at radius 2 is 2.50 bits per heavy atom. The summed E-state index contributed by atoms with van der Waals surface area (Å²) in [7, 11) is 0. The van der Waals surface area contributed by atoms with Gasteiger partial charge in [0.15, 0.2) is 0 Å². The zero-order chi connectivity index (χ0) is 8.81. The molecule has 0 spiro atoms. The van der Waals surface area contributed by atoms with Crippen molar-refractivity contribution in [1.82, 2.24) is 5.32 Å². The molecule has 1 rings (SSSR count). The summed E-state index contributed by atoms with van der Waals surface area (Å²) in [4.78, 5) is 10.7. The number of nitrogens with one attached hydrogen (secondary N) is 1. The van der Waals surface area contributed by atoms with Crippen LogP contribution in [0, 0.1) is 0 Å². The van der Waals surface area contributed by atoms with E-state index in [4.69, 9.17) is 10.5 Å². The van der Waals surface area contributed by atoms with Gasteiger partial charge in [-0.15, -0.1) is 0 Å². The Hall–Kier alpha value is -0.610. The van der Waals surface area contributed by atoms with Crippen LogP contribution in [0.15, 0.2) is 0 Å². The third kappa shape index (κ3) is 3.19. The Morgan fingerprint density at radius 1 is 1.67 bits per heavy atom. The summed E-state index contributed by atoms with van der Waals surface area (Å²) < 4.78 is 5.39. The molecule has 12 heavy (non-hydrogen) atoms. The topological polar surface area (TPSA) is 64.4 Å². The average Bonchev–Trinajstić information content (AvgIpc) is 2.57. The predicted octanol–water partition coefficient (Wildman–Crippen LogP) is -0.370. The third-order valence-electron chi connectivity index (χ3n) is 2.00. The van der Waals surface area contributed by atoms with Crippen LogP contribution in [0.2, 0.25) is 0 Å². The molecule has 1 fully saturated rings. The zero-order valence-electron chi connectivity index (χ0n) is 7.21. The van der Waals surface area contributed by atoms with Crippen LogP contribution in [0.4, 0.5) is 0 Å². The summed E-state index contributed by atoms with van der Waals surface area (Å²) >= 11 is 0. The Labute approximate surface area is 72.5 Å².